The van der Waals surface area contributed by atoms with Crippen LogP contribution in [-0.4, -0.2) is 26.2 Å². The van der Waals surface area contributed by atoms with Crippen molar-refractivity contribution in [2.75, 3.05) is 26.2 Å². The summed E-state index contributed by atoms with van der Waals surface area (Å²) in [7, 11) is 0. The molecule has 88 valence electrons. The van der Waals surface area contributed by atoms with E-state index in [4.69, 9.17) is 0 Å². The molecule has 1 aliphatic carbocycles. The fraction of sp³-hybridized carbons (Fsp3) is 1.00. The summed E-state index contributed by atoms with van der Waals surface area (Å²) in [5.41, 5.74) is 4.08. The summed E-state index contributed by atoms with van der Waals surface area (Å²) < 4.78 is 0. The van der Waals surface area contributed by atoms with Gasteiger partial charge in [0.2, 0.25) is 0 Å². The van der Waals surface area contributed by atoms with E-state index in [1.54, 1.807) is 0 Å². The predicted octanol–water partition coefficient (Wildman–Crippen LogP) is 0.104. The van der Waals surface area contributed by atoms with Gasteiger partial charge in [-0.2, -0.15) is 0 Å². The standard InChI is InChI=1S/C13H26N2/c14-9-13-7-4-8-15(11-13)10-12-5-2-1-3-6-12/h12-13H,1-11,14H2/p+2. The summed E-state index contributed by atoms with van der Waals surface area (Å²) in [5.74, 6) is 1.98. The third-order valence-electron chi connectivity index (χ3n) is 4.43. The number of hydrogen-bond donors (Lipinski definition) is 2. The zero-order valence-electron chi connectivity index (χ0n) is 10.1. The molecule has 2 heteroatoms. The van der Waals surface area contributed by atoms with Crippen molar-refractivity contribution in [1.82, 2.24) is 0 Å². The van der Waals surface area contributed by atoms with Gasteiger partial charge in [-0.1, -0.05) is 19.3 Å². The lowest BCUT2D eigenvalue weighted by atomic mass is 9.88. The fourth-order valence-corrected chi connectivity index (χ4v) is 3.48. The van der Waals surface area contributed by atoms with Crippen molar-refractivity contribution in [2.24, 2.45) is 11.8 Å². The molecule has 2 atom stereocenters. The molecule has 0 aromatic heterocycles. The lowest BCUT2D eigenvalue weighted by Gasteiger charge is -2.32. The van der Waals surface area contributed by atoms with Gasteiger partial charge in [-0.25, -0.2) is 0 Å². The van der Waals surface area contributed by atoms with Crippen molar-refractivity contribution in [3.63, 3.8) is 0 Å². The van der Waals surface area contributed by atoms with Crippen LogP contribution in [0.15, 0.2) is 0 Å². The first-order valence-electron chi connectivity index (χ1n) is 7.01. The smallest absolute Gasteiger partial charge is 0.0854 e. The Morgan fingerprint density at radius 3 is 2.40 bits per heavy atom. The number of rotatable bonds is 3. The zero-order valence-corrected chi connectivity index (χ0v) is 10.1. The minimum Gasteiger partial charge on any atom is -0.357 e. The lowest BCUT2D eigenvalue weighted by Crippen LogP contribution is -3.14. The summed E-state index contributed by atoms with van der Waals surface area (Å²) in [5, 5.41) is 0. The Labute approximate surface area is 94.2 Å². The average Bonchev–Trinajstić information content (AvgIpc) is 2.31. The average molecular weight is 212 g/mol. The van der Waals surface area contributed by atoms with E-state index in [1.807, 2.05) is 4.90 Å². The molecule has 2 fully saturated rings. The molecule has 4 N–H and O–H groups in total. The molecule has 0 radical (unpaired) electrons. The van der Waals surface area contributed by atoms with Crippen LogP contribution < -0.4 is 10.6 Å². The SMILES string of the molecule is [NH3+]CC1CCC[NH+](CC2CCCCC2)C1. The summed E-state index contributed by atoms with van der Waals surface area (Å²) in [6.07, 6.45) is 10.4. The van der Waals surface area contributed by atoms with Crippen molar-refractivity contribution < 1.29 is 10.6 Å². The highest BCUT2D eigenvalue weighted by Crippen LogP contribution is 2.22. The molecule has 0 aromatic carbocycles. The van der Waals surface area contributed by atoms with Gasteiger partial charge in [0.1, 0.15) is 0 Å². The molecule has 2 aliphatic rings. The fourth-order valence-electron chi connectivity index (χ4n) is 3.48. The maximum atomic E-state index is 4.08. The predicted molar refractivity (Wildman–Crippen MR) is 62.6 cm³/mol. The summed E-state index contributed by atoms with van der Waals surface area (Å²) in [4.78, 5) is 1.89. The minimum atomic E-state index is 0.928. The van der Waals surface area contributed by atoms with Crippen LogP contribution in [0.2, 0.25) is 0 Å². The second-order valence-corrected chi connectivity index (χ2v) is 5.71. The van der Waals surface area contributed by atoms with E-state index in [9.17, 15) is 0 Å². The van der Waals surface area contributed by atoms with Gasteiger partial charge in [0.05, 0.1) is 32.1 Å². The van der Waals surface area contributed by atoms with Gasteiger partial charge < -0.3 is 10.6 Å². The molecule has 2 rings (SSSR count). The third-order valence-corrected chi connectivity index (χ3v) is 4.43. The molecule has 1 aliphatic heterocycles. The van der Waals surface area contributed by atoms with E-state index in [0.29, 0.717) is 0 Å². The van der Waals surface area contributed by atoms with Crippen LogP contribution >= 0.6 is 0 Å². The highest BCUT2D eigenvalue weighted by Gasteiger charge is 2.26. The maximum absolute atomic E-state index is 4.08. The summed E-state index contributed by atoms with van der Waals surface area (Å²) in [6.45, 7) is 5.48. The normalized spacial score (nSPS) is 34.2. The van der Waals surface area contributed by atoms with Gasteiger partial charge in [0, 0.05) is 5.92 Å². The van der Waals surface area contributed by atoms with Crippen LogP contribution in [-0.2, 0) is 0 Å². The van der Waals surface area contributed by atoms with Gasteiger partial charge in [0.15, 0.2) is 0 Å². The lowest BCUT2D eigenvalue weighted by molar-refractivity contribution is -0.913. The molecule has 1 heterocycles. The summed E-state index contributed by atoms with van der Waals surface area (Å²) >= 11 is 0. The number of likely N-dealkylation sites (tertiary alicyclic amines) is 1. The molecular formula is C13H28N2+2. The highest BCUT2D eigenvalue weighted by atomic mass is 15.1. The number of quaternary nitrogens is 2. The Kier molecular flexibility index (Phi) is 4.45. The van der Waals surface area contributed by atoms with Crippen LogP contribution in [0.25, 0.3) is 0 Å². The molecule has 1 saturated heterocycles. The first-order chi connectivity index (χ1) is 7.38. The van der Waals surface area contributed by atoms with E-state index in [2.05, 4.69) is 5.73 Å². The van der Waals surface area contributed by atoms with Gasteiger partial charge in [-0.15, -0.1) is 0 Å². The van der Waals surface area contributed by atoms with Gasteiger partial charge in [-0.3, -0.25) is 0 Å². The molecule has 0 amide bonds. The molecule has 15 heavy (non-hydrogen) atoms. The Morgan fingerprint density at radius 1 is 0.933 bits per heavy atom. The van der Waals surface area contributed by atoms with E-state index >= 15 is 0 Å². The molecule has 0 spiro atoms. The van der Waals surface area contributed by atoms with Crippen LogP contribution in [0, 0.1) is 11.8 Å². The molecule has 1 saturated carbocycles. The van der Waals surface area contributed by atoms with Gasteiger partial charge >= 0.3 is 0 Å². The first-order valence-corrected chi connectivity index (χ1v) is 7.01. The van der Waals surface area contributed by atoms with Crippen LogP contribution in [0.3, 0.4) is 0 Å². The topological polar surface area (TPSA) is 32.1 Å². The third kappa shape index (κ3) is 3.46. The maximum Gasteiger partial charge on any atom is 0.0854 e. The molecule has 2 nitrogen and oxygen atoms in total. The zero-order chi connectivity index (χ0) is 10.5. The Morgan fingerprint density at radius 2 is 1.67 bits per heavy atom. The molecule has 0 aromatic rings. The van der Waals surface area contributed by atoms with Crippen molar-refractivity contribution in [1.29, 1.82) is 0 Å². The Balaban J connectivity index is 1.72. The van der Waals surface area contributed by atoms with Gasteiger partial charge in [0.25, 0.3) is 0 Å². The van der Waals surface area contributed by atoms with E-state index < -0.39 is 0 Å². The van der Waals surface area contributed by atoms with Crippen molar-refractivity contribution >= 4 is 0 Å². The number of nitrogens with one attached hydrogen (secondary N) is 1. The second kappa shape index (κ2) is 5.86. The Hall–Kier alpha value is -0.0800. The van der Waals surface area contributed by atoms with Crippen LogP contribution in [0.1, 0.15) is 44.9 Å². The van der Waals surface area contributed by atoms with E-state index in [-0.39, 0.29) is 0 Å². The first kappa shape index (κ1) is 11.4. The highest BCUT2D eigenvalue weighted by molar-refractivity contribution is 4.66. The van der Waals surface area contributed by atoms with Crippen LogP contribution in [0.5, 0.6) is 0 Å². The van der Waals surface area contributed by atoms with Crippen molar-refractivity contribution in [2.45, 2.75) is 44.9 Å². The Bertz CT molecular complexity index is 175. The second-order valence-electron chi connectivity index (χ2n) is 5.71. The van der Waals surface area contributed by atoms with Crippen LogP contribution in [0.4, 0.5) is 0 Å². The van der Waals surface area contributed by atoms with Crippen molar-refractivity contribution in [3.05, 3.63) is 0 Å². The van der Waals surface area contributed by atoms with Gasteiger partial charge in [-0.05, 0) is 25.7 Å². The summed E-state index contributed by atoms with van der Waals surface area (Å²) in [6, 6.07) is 0. The quantitative estimate of drug-likeness (QED) is 0.665. The number of hydrogen-bond acceptors (Lipinski definition) is 0. The van der Waals surface area contributed by atoms with E-state index in [0.717, 1.165) is 18.4 Å². The molecular weight excluding hydrogens is 184 g/mol. The largest absolute Gasteiger partial charge is 0.357 e. The monoisotopic (exact) mass is 212 g/mol. The van der Waals surface area contributed by atoms with Crippen molar-refractivity contribution in [3.8, 4) is 0 Å². The van der Waals surface area contributed by atoms with E-state index in [1.165, 1.54) is 64.6 Å². The number of piperidine rings is 1. The molecule has 2 unspecified atom stereocenters. The minimum absolute atomic E-state index is 0.928. The molecule has 0 bridgehead atoms.